The van der Waals surface area contributed by atoms with Gasteiger partial charge in [0.25, 0.3) is 5.91 Å². The maximum absolute atomic E-state index is 12.3. The first-order valence-corrected chi connectivity index (χ1v) is 8.59. The van der Waals surface area contributed by atoms with Crippen LogP contribution in [-0.4, -0.2) is 47.1 Å². The van der Waals surface area contributed by atoms with Crippen molar-refractivity contribution in [3.63, 3.8) is 0 Å². The van der Waals surface area contributed by atoms with E-state index < -0.39 is 31.0 Å². The maximum Gasteiger partial charge on any atom is 0.252 e. The average molecular weight is 357 g/mol. The first kappa shape index (κ1) is 18.5. The summed E-state index contributed by atoms with van der Waals surface area (Å²) in [5, 5.41) is 22.0. The van der Waals surface area contributed by atoms with Gasteiger partial charge < -0.3 is 25.0 Å². The zero-order valence-electron chi connectivity index (χ0n) is 14.3. The minimum absolute atomic E-state index is 0.256. The van der Waals surface area contributed by atoms with Gasteiger partial charge in [0, 0.05) is 0 Å². The number of aliphatic hydroxyl groups is 2. The lowest BCUT2D eigenvalue weighted by atomic mass is 10.0. The second-order valence-electron chi connectivity index (χ2n) is 6.26. The van der Waals surface area contributed by atoms with Crippen molar-refractivity contribution in [2.24, 2.45) is 0 Å². The molecular formula is C20H23NO5. The Labute approximate surface area is 152 Å². The molecule has 138 valence electrons. The van der Waals surface area contributed by atoms with E-state index in [-0.39, 0.29) is 19.1 Å². The zero-order valence-corrected chi connectivity index (χ0v) is 14.3. The van der Waals surface area contributed by atoms with Crippen LogP contribution in [0, 0.1) is 0 Å². The van der Waals surface area contributed by atoms with E-state index >= 15 is 0 Å². The molecule has 0 spiro atoms. The van der Waals surface area contributed by atoms with E-state index in [0.717, 1.165) is 11.1 Å². The number of rotatable bonds is 8. The van der Waals surface area contributed by atoms with Gasteiger partial charge in [-0.3, -0.25) is 4.79 Å². The molecule has 0 radical (unpaired) electrons. The summed E-state index contributed by atoms with van der Waals surface area (Å²) in [5.74, 6) is -0.350. The molecule has 4 atom stereocenters. The van der Waals surface area contributed by atoms with Crippen molar-refractivity contribution in [1.82, 2.24) is 5.32 Å². The van der Waals surface area contributed by atoms with Crippen LogP contribution in [0.15, 0.2) is 60.7 Å². The van der Waals surface area contributed by atoms with Crippen LogP contribution in [0.2, 0.25) is 0 Å². The monoisotopic (exact) mass is 357 g/mol. The van der Waals surface area contributed by atoms with Crippen LogP contribution < -0.4 is 5.32 Å². The van der Waals surface area contributed by atoms with Gasteiger partial charge in [-0.1, -0.05) is 60.7 Å². The normalized spacial score (nSPS) is 23.6. The first-order chi connectivity index (χ1) is 12.7. The van der Waals surface area contributed by atoms with E-state index in [1.165, 1.54) is 0 Å². The summed E-state index contributed by atoms with van der Waals surface area (Å²) < 4.78 is 11.7. The Bertz CT molecular complexity index is 694. The summed E-state index contributed by atoms with van der Waals surface area (Å²) in [6.45, 7) is 0.0634. The molecule has 0 unspecified atom stereocenters. The smallest absolute Gasteiger partial charge is 0.252 e. The first-order valence-electron chi connectivity index (χ1n) is 8.59. The Morgan fingerprint density at radius 2 is 1.46 bits per heavy atom. The van der Waals surface area contributed by atoms with Crippen molar-refractivity contribution < 1.29 is 24.5 Å². The van der Waals surface area contributed by atoms with Crippen LogP contribution in [0.3, 0.4) is 0 Å². The molecular weight excluding hydrogens is 334 g/mol. The summed E-state index contributed by atoms with van der Waals surface area (Å²) in [7, 11) is 0. The molecule has 1 amide bonds. The van der Waals surface area contributed by atoms with E-state index in [4.69, 9.17) is 9.47 Å². The van der Waals surface area contributed by atoms with Gasteiger partial charge in [-0.05, 0) is 11.1 Å². The summed E-state index contributed by atoms with van der Waals surface area (Å²) in [5.41, 5.74) is 1.89. The van der Waals surface area contributed by atoms with Crippen LogP contribution in [0.1, 0.15) is 11.1 Å². The fourth-order valence-corrected chi connectivity index (χ4v) is 2.98. The largest absolute Gasteiger partial charge is 0.394 e. The molecule has 2 aromatic carbocycles. The second-order valence-corrected chi connectivity index (χ2v) is 6.26. The Morgan fingerprint density at radius 3 is 2.00 bits per heavy atom. The third-order valence-electron chi connectivity index (χ3n) is 4.38. The summed E-state index contributed by atoms with van der Waals surface area (Å²) in [6, 6.07) is 18.4. The molecule has 3 N–H and O–H groups in total. The number of hydrogen-bond acceptors (Lipinski definition) is 5. The van der Waals surface area contributed by atoms with E-state index in [0.29, 0.717) is 0 Å². The highest BCUT2D eigenvalue weighted by Crippen LogP contribution is 2.22. The van der Waals surface area contributed by atoms with Crippen molar-refractivity contribution in [1.29, 1.82) is 0 Å². The molecule has 0 aromatic heterocycles. The quantitative estimate of drug-likeness (QED) is 0.656. The molecule has 6 nitrogen and oxygen atoms in total. The number of nitrogens with one attached hydrogen (secondary N) is 1. The number of ether oxygens (including phenoxy) is 2. The SMILES string of the molecule is O=C1N[C@H]([C@H](O)CO)[C@H](OCc2ccccc2)[C@@H]1OCc1ccccc1. The Hall–Kier alpha value is -2.25. The van der Waals surface area contributed by atoms with Gasteiger partial charge in [-0.25, -0.2) is 0 Å². The molecule has 2 aromatic rings. The van der Waals surface area contributed by atoms with Crippen LogP contribution in [-0.2, 0) is 27.5 Å². The standard InChI is InChI=1S/C20H23NO5/c22-11-16(23)17-18(25-12-14-7-3-1-4-8-14)19(20(24)21-17)26-13-15-9-5-2-6-10-15/h1-10,16-19,22-23H,11-13H2,(H,21,24)/t16-,17-,18+,19+/m1/s1. The highest BCUT2D eigenvalue weighted by atomic mass is 16.5. The second kappa shape index (κ2) is 8.91. The maximum atomic E-state index is 12.3. The third-order valence-corrected chi connectivity index (χ3v) is 4.38. The molecule has 1 aliphatic heterocycles. The fraction of sp³-hybridized carbons (Fsp3) is 0.350. The minimum Gasteiger partial charge on any atom is -0.394 e. The number of aliphatic hydroxyl groups excluding tert-OH is 2. The molecule has 26 heavy (non-hydrogen) atoms. The summed E-state index contributed by atoms with van der Waals surface area (Å²) in [4.78, 5) is 12.3. The van der Waals surface area contributed by atoms with Gasteiger partial charge in [0.1, 0.15) is 6.10 Å². The van der Waals surface area contributed by atoms with E-state index in [1.807, 2.05) is 60.7 Å². The number of benzene rings is 2. The van der Waals surface area contributed by atoms with Gasteiger partial charge in [-0.2, -0.15) is 0 Å². The molecule has 1 saturated heterocycles. The van der Waals surface area contributed by atoms with Gasteiger partial charge in [-0.15, -0.1) is 0 Å². The van der Waals surface area contributed by atoms with Gasteiger partial charge in [0.2, 0.25) is 0 Å². The van der Waals surface area contributed by atoms with Crippen molar-refractivity contribution in [2.45, 2.75) is 37.6 Å². The minimum atomic E-state index is -1.12. The van der Waals surface area contributed by atoms with Gasteiger partial charge >= 0.3 is 0 Å². The number of hydrogen-bond donors (Lipinski definition) is 3. The van der Waals surface area contributed by atoms with Gasteiger partial charge in [0.15, 0.2) is 6.10 Å². The van der Waals surface area contributed by atoms with Crippen LogP contribution >= 0.6 is 0 Å². The summed E-state index contributed by atoms with van der Waals surface area (Å²) >= 11 is 0. The number of carbonyl (C=O) groups excluding carboxylic acids is 1. The van der Waals surface area contributed by atoms with Gasteiger partial charge in [0.05, 0.1) is 32.0 Å². The Kier molecular flexibility index (Phi) is 6.35. The molecule has 1 fully saturated rings. The molecule has 3 rings (SSSR count). The van der Waals surface area contributed by atoms with Crippen molar-refractivity contribution in [2.75, 3.05) is 6.61 Å². The third kappa shape index (κ3) is 4.47. The van der Waals surface area contributed by atoms with Crippen LogP contribution in [0.25, 0.3) is 0 Å². The Balaban J connectivity index is 1.70. The predicted octanol–water partition coefficient (Wildman–Crippen LogP) is 1.01. The van der Waals surface area contributed by atoms with E-state index in [9.17, 15) is 15.0 Å². The molecule has 0 aliphatic carbocycles. The fourth-order valence-electron chi connectivity index (χ4n) is 2.98. The van der Waals surface area contributed by atoms with Crippen molar-refractivity contribution in [3.8, 4) is 0 Å². The lowest BCUT2D eigenvalue weighted by Gasteiger charge is -2.25. The average Bonchev–Trinajstić information content (AvgIpc) is 3.01. The predicted molar refractivity (Wildman–Crippen MR) is 95.1 cm³/mol. The summed E-state index contributed by atoms with van der Waals surface area (Å²) in [6.07, 6.45) is -2.68. The Morgan fingerprint density at radius 1 is 0.923 bits per heavy atom. The van der Waals surface area contributed by atoms with E-state index in [2.05, 4.69) is 5.32 Å². The zero-order chi connectivity index (χ0) is 18.4. The number of carbonyl (C=O) groups is 1. The lowest BCUT2D eigenvalue weighted by molar-refractivity contribution is -0.137. The van der Waals surface area contributed by atoms with Crippen LogP contribution in [0.4, 0.5) is 0 Å². The molecule has 1 aliphatic rings. The highest BCUT2D eigenvalue weighted by Gasteiger charge is 2.47. The molecule has 1 heterocycles. The topological polar surface area (TPSA) is 88.0 Å². The lowest BCUT2D eigenvalue weighted by Crippen LogP contribution is -2.46. The van der Waals surface area contributed by atoms with E-state index in [1.54, 1.807) is 0 Å². The van der Waals surface area contributed by atoms with Crippen molar-refractivity contribution in [3.05, 3.63) is 71.8 Å². The highest BCUT2D eigenvalue weighted by molar-refractivity contribution is 5.84. The molecule has 0 saturated carbocycles. The van der Waals surface area contributed by atoms with Crippen molar-refractivity contribution >= 4 is 5.91 Å². The molecule has 6 heteroatoms. The number of amides is 1. The molecule has 0 bridgehead atoms. The van der Waals surface area contributed by atoms with Crippen LogP contribution in [0.5, 0.6) is 0 Å².